The number of rotatable bonds is 7. The van der Waals surface area contributed by atoms with Crippen LogP contribution in [0.4, 0.5) is 5.69 Å². The van der Waals surface area contributed by atoms with Crippen LogP contribution < -0.4 is 15.4 Å². The third kappa shape index (κ3) is 4.35. The van der Waals surface area contributed by atoms with E-state index < -0.39 is 0 Å². The molecule has 1 aromatic heterocycles. The average molecular weight is 384 g/mol. The number of methoxy groups -OCH3 is 1. The van der Waals surface area contributed by atoms with Gasteiger partial charge in [-0.05, 0) is 43.7 Å². The van der Waals surface area contributed by atoms with Crippen LogP contribution in [0.2, 0.25) is 0 Å². The fourth-order valence-electron chi connectivity index (χ4n) is 3.38. The minimum atomic E-state index is -0.323. The zero-order chi connectivity index (χ0) is 20.1. The highest BCUT2D eigenvalue weighted by molar-refractivity contribution is 6.05. The average Bonchev–Trinajstić information content (AvgIpc) is 3.08. The molecule has 2 heterocycles. The zero-order valence-electron chi connectivity index (χ0n) is 16.7. The largest absolute Gasteiger partial charge is 0.495 e. The van der Waals surface area contributed by atoms with Gasteiger partial charge in [0, 0.05) is 13.1 Å². The molecular formula is C21H28N4O3. The van der Waals surface area contributed by atoms with Gasteiger partial charge in [0.2, 0.25) is 0 Å². The van der Waals surface area contributed by atoms with E-state index in [0.29, 0.717) is 42.0 Å². The summed E-state index contributed by atoms with van der Waals surface area (Å²) in [7, 11) is 1.56. The lowest BCUT2D eigenvalue weighted by Crippen LogP contribution is -2.29. The number of nitrogens with zero attached hydrogens (tertiary/aromatic N) is 2. The molecule has 0 aliphatic carbocycles. The number of carbonyl (C=O) groups is 2. The van der Waals surface area contributed by atoms with Crippen LogP contribution in [-0.4, -0.2) is 35.0 Å². The lowest BCUT2D eigenvalue weighted by atomic mass is 10.1. The maximum Gasteiger partial charge on any atom is 0.287 e. The highest BCUT2D eigenvalue weighted by atomic mass is 16.5. The molecule has 0 saturated carbocycles. The maximum absolute atomic E-state index is 12.9. The molecule has 1 aliphatic heterocycles. The van der Waals surface area contributed by atoms with Crippen LogP contribution in [0, 0.1) is 5.92 Å². The van der Waals surface area contributed by atoms with Gasteiger partial charge in [0.25, 0.3) is 11.8 Å². The molecule has 0 bridgehead atoms. The van der Waals surface area contributed by atoms with E-state index in [2.05, 4.69) is 29.5 Å². The van der Waals surface area contributed by atoms with E-state index in [0.717, 1.165) is 31.4 Å². The van der Waals surface area contributed by atoms with Gasteiger partial charge in [-0.1, -0.05) is 26.0 Å². The standard InChI is InChI=1S/C21H28N4O3/c1-14(2)11-12-22-21(27)19-24-18(16-9-6-7-13-25(16)19)20(26)23-15-8-4-5-10-17(15)28-3/h4-5,8,10,14H,6-7,9,11-13H2,1-3H3,(H,22,27)(H,23,26). The number of amides is 2. The Hall–Kier alpha value is -2.83. The number of ether oxygens (including phenoxy) is 1. The minimum Gasteiger partial charge on any atom is -0.495 e. The Balaban J connectivity index is 1.84. The molecule has 0 unspecified atom stereocenters. The van der Waals surface area contributed by atoms with Crippen molar-refractivity contribution in [1.82, 2.24) is 14.9 Å². The lowest BCUT2D eigenvalue weighted by Gasteiger charge is -2.17. The van der Waals surface area contributed by atoms with Gasteiger partial charge >= 0.3 is 0 Å². The first kappa shape index (κ1) is 19.9. The van der Waals surface area contributed by atoms with E-state index in [1.54, 1.807) is 19.2 Å². The number of aromatic nitrogens is 2. The van der Waals surface area contributed by atoms with E-state index in [1.165, 1.54) is 0 Å². The quantitative estimate of drug-likeness (QED) is 0.767. The van der Waals surface area contributed by atoms with Crippen LogP contribution in [0.3, 0.4) is 0 Å². The molecule has 0 radical (unpaired) electrons. The van der Waals surface area contributed by atoms with E-state index in [4.69, 9.17) is 4.74 Å². The molecule has 3 rings (SSSR count). The summed E-state index contributed by atoms with van der Waals surface area (Å²) in [6, 6.07) is 7.23. The monoisotopic (exact) mass is 384 g/mol. The fourth-order valence-corrected chi connectivity index (χ4v) is 3.38. The number of fused-ring (bicyclic) bond motifs is 1. The van der Waals surface area contributed by atoms with Gasteiger partial charge in [-0.2, -0.15) is 0 Å². The summed E-state index contributed by atoms with van der Waals surface area (Å²) in [5.74, 6) is 0.868. The third-order valence-corrected chi connectivity index (χ3v) is 4.90. The lowest BCUT2D eigenvalue weighted by molar-refractivity contribution is 0.0936. The second kappa shape index (κ2) is 8.91. The Morgan fingerprint density at radius 3 is 2.75 bits per heavy atom. The normalized spacial score (nSPS) is 13.1. The van der Waals surface area contributed by atoms with Crippen LogP contribution in [-0.2, 0) is 13.0 Å². The van der Waals surface area contributed by atoms with Crippen molar-refractivity contribution < 1.29 is 14.3 Å². The number of para-hydroxylation sites is 2. The highest BCUT2D eigenvalue weighted by Gasteiger charge is 2.27. The molecule has 0 fully saturated rings. The first-order chi connectivity index (χ1) is 13.5. The molecular weight excluding hydrogens is 356 g/mol. The number of hydrogen-bond acceptors (Lipinski definition) is 4. The van der Waals surface area contributed by atoms with Gasteiger partial charge in [-0.3, -0.25) is 9.59 Å². The Bertz CT molecular complexity index is 857. The second-order valence-corrected chi connectivity index (χ2v) is 7.43. The Morgan fingerprint density at radius 1 is 1.21 bits per heavy atom. The smallest absolute Gasteiger partial charge is 0.287 e. The summed E-state index contributed by atoms with van der Waals surface area (Å²) in [4.78, 5) is 30.0. The van der Waals surface area contributed by atoms with E-state index >= 15 is 0 Å². The summed E-state index contributed by atoms with van der Waals surface area (Å²) in [5.41, 5.74) is 1.72. The topological polar surface area (TPSA) is 85.2 Å². The molecule has 1 aromatic carbocycles. The van der Waals surface area contributed by atoms with Gasteiger partial charge < -0.3 is 19.9 Å². The summed E-state index contributed by atoms with van der Waals surface area (Å²) in [6.45, 7) is 5.53. The molecule has 7 nitrogen and oxygen atoms in total. The molecule has 2 amide bonds. The van der Waals surface area contributed by atoms with Crippen LogP contribution in [0.1, 0.15) is 59.9 Å². The summed E-state index contributed by atoms with van der Waals surface area (Å²) >= 11 is 0. The molecule has 150 valence electrons. The highest BCUT2D eigenvalue weighted by Crippen LogP contribution is 2.26. The second-order valence-electron chi connectivity index (χ2n) is 7.43. The first-order valence-corrected chi connectivity index (χ1v) is 9.83. The van der Waals surface area contributed by atoms with E-state index in [-0.39, 0.29) is 11.8 Å². The van der Waals surface area contributed by atoms with Crippen LogP contribution >= 0.6 is 0 Å². The minimum absolute atomic E-state index is 0.222. The van der Waals surface area contributed by atoms with E-state index in [1.807, 2.05) is 16.7 Å². The molecule has 0 spiro atoms. The Morgan fingerprint density at radius 2 is 2.00 bits per heavy atom. The Labute approximate surface area is 165 Å². The van der Waals surface area contributed by atoms with Crippen molar-refractivity contribution in [2.24, 2.45) is 5.92 Å². The first-order valence-electron chi connectivity index (χ1n) is 9.83. The summed E-state index contributed by atoms with van der Waals surface area (Å²) in [6.07, 6.45) is 3.60. The van der Waals surface area contributed by atoms with Gasteiger partial charge in [0.1, 0.15) is 5.75 Å². The van der Waals surface area contributed by atoms with Gasteiger partial charge in [-0.15, -0.1) is 0 Å². The number of anilines is 1. The van der Waals surface area contributed by atoms with Gasteiger partial charge in [-0.25, -0.2) is 4.98 Å². The molecule has 2 aromatic rings. The SMILES string of the molecule is COc1ccccc1NC(=O)c1nc(C(=O)NCCC(C)C)n2c1CCCC2. The van der Waals surface area contributed by atoms with Crippen molar-refractivity contribution in [3.05, 3.63) is 41.5 Å². The molecule has 7 heteroatoms. The predicted octanol–water partition coefficient (Wildman–Crippen LogP) is 3.26. The molecule has 0 atom stereocenters. The molecule has 2 N–H and O–H groups in total. The Kier molecular flexibility index (Phi) is 6.34. The zero-order valence-corrected chi connectivity index (χ0v) is 16.7. The van der Waals surface area contributed by atoms with Gasteiger partial charge in [0.15, 0.2) is 11.5 Å². The van der Waals surface area contributed by atoms with Crippen LogP contribution in [0.25, 0.3) is 0 Å². The van der Waals surface area contributed by atoms with Crippen molar-refractivity contribution >= 4 is 17.5 Å². The molecule has 1 aliphatic rings. The number of imidazole rings is 1. The number of benzene rings is 1. The fraction of sp³-hybridized carbons (Fsp3) is 0.476. The van der Waals surface area contributed by atoms with E-state index in [9.17, 15) is 9.59 Å². The van der Waals surface area contributed by atoms with Crippen molar-refractivity contribution in [3.63, 3.8) is 0 Å². The van der Waals surface area contributed by atoms with Crippen molar-refractivity contribution in [2.75, 3.05) is 19.0 Å². The van der Waals surface area contributed by atoms with Crippen LogP contribution in [0.5, 0.6) is 5.75 Å². The summed E-state index contributed by atoms with van der Waals surface area (Å²) in [5, 5.41) is 5.79. The predicted molar refractivity (Wildman–Crippen MR) is 108 cm³/mol. The third-order valence-electron chi connectivity index (χ3n) is 4.90. The number of carbonyl (C=O) groups excluding carboxylic acids is 2. The van der Waals surface area contributed by atoms with Crippen molar-refractivity contribution in [3.8, 4) is 5.75 Å². The van der Waals surface area contributed by atoms with Crippen molar-refractivity contribution in [1.29, 1.82) is 0 Å². The molecule has 28 heavy (non-hydrogen) atoms. The van der Waals surface area contributed by atoms with Crippen LogP contribution in [0.15, 0.2) is 24.3 Å². The maximum atomic E-state index is 12.9. The number of nitrogens with one attached hydrogen (secondary N) is 2. The van der Waals surface area contributed by atoms with Gasteiger partial charge in [0.05, 0.1) is 18.5 Å². The van der Waals surface area contributed by atoms with Crippen molar-refractivity contribution in [2.45, 2.75) is 46.1 Å². The number of hydrogen-bond donors (Lipinski definition) is 2. The molecule has 0 saturated heterocycles. The summed E-state index contributed by atoms with van der Waals surface area (Å²) < 4.78 is 7.19.